The van der Waals surface area contributed by atoms with Gasteiger partial charge in [-0.2, -0.15) is 0 Å². The van der Waals surface area contributed by atoms with E-state index in [4.69, 9.17) is 0 Å². The Kier molecular flexibility index (Phi) is 7.49. The van der Waals surface area contributed by atoms with Gasteiger partial charge in [-0.05, 0) is 50.7 Å². The van der Waals surface area contributed by atoms with E-state index in [9.17, 15) is 19.5 Å². The molecule has 2 aromatic rings. The van der Waals surface area contributed by atoms with Crippen molar-refractivity contribution < 1.29 is 19.5 Å². The molecule has 0 heterocycles. The fourth-order valence-corrected chi connectivity index (χ4v) is 5.62. The number of carbonyl (C=O) groups excluding carboxylic acids is 2. The van der Waals surface area contributed by atoms with E-state index in [0.29, 0.717) is 13.0 Å². The van der Waals surface area contributed by atoms with Crippen molar-refractivity contribution in [1.29, 1.82) is 0 Å². The molecule has 1 aliphatic rings. The van der Waals surface area contributed by atoms with Gasteiger partial charge < -0.3 is 15.7 Å². The molecule has 2 aromatic carbocycles. The molecule has 34 heavy (non-hydrogen) atoms. The summed E-state index contributed by atoms with van der Waals surface area (Å²) in [5.41, 5.74) is -1.08. The number of hydrogen-bond donors (Lipinski definition) is 3. The highest BCUT2D eigenvalue weighted by Crippen LogP contribution is 2.55. The summed E-state index contributed by atoms with van der Waals surface area (Å²) in [6, 6.07) is 19.3. The van der Waals surface area contributed by atoms with Crippen molar-refractivity contribution in [3.63, 3.8) is 0 Å². The predicted molar refractivity (Wildman–Crippen MR) is 132 cm³/mol. The molecule has 182 valence electrons. The number of nitrogens with one attached hydrogen (secondary N) is 2. The van der Waals surface area contributed by atoms with E-state index in [0.717, 1.165) is 11.1 Å². The van der Waals surface area contributed by atoms with Gasteiger partial charge in [-0.15, -0.1) is 0 Å². The smallest absolute Gasteiger partial charge is 0.309 e. The molecular formula is C28H36N2O4. The molecule has 2 amide bonds. The summed E-state index contributed by atoms with van der Waals surface area (Å²) in [6.45, 7) is 7.59. The van der Waals surface area contributed by atoms with Gasteiger partial charge in [0.15, 0.2) is 0 Å². The van der Waals surface area contributed by atoms with E-state index in [1.165, 1.54) is 0 Å². The third kappa shape index (κ3) is 5.66. The number of carboxylic acid groups (broad SMARTS) is 1. The predicted octanol–water partition coefficient (Wildman–Crippen LogP) is 4.51. The monoisotopic (exact) mass is 464 g/mol. The van der Waals surface area contributed by atoms with Gasteiger partial charge in [0, 0.05) is 17.4 Å². The maximum absolute atomic E-state index is 13.5. The number of rotatable bonds is 8. The Morgan fingerprint density at radius 2 is 1.32 bits per heavy atom. The van der Waals surface area contributed by atoms with E-state index < -0.39 is 22.2 Å². The van der Waals surface area contributed by atoms with Gasteiger partial charge in [0.05, 0.1) is 11.5 Å². The van der Waals surface area contributed by atoms with E-state index in [-0.39, 0.29) is 37.1 Å². The first kappa shape index (κ1) is 25.5. The van der Waals surface area contributed by atoms with Crippen molar-refractivity contribution in [2.24, 2.45) is 16.2 Å². The molecule has 0 radical (unpaired) electrons. The van der Waals surface area contributed by atoms with Crippen molar-refractivity contribution in [3.8, 4) is 0 Å². The molecule has 1 unspecified atom stereocenters. The van der Waals surface area contributed by atoms with E-state index in [1.54, 1.807) is 20.8 Å². The third-order valence-corrected chi connectivity index (χ3v) is 7.14. The Hall–Kier alpha value is -3.15. The van der Waals surface area contributed by atoms with Crippen LogP contribution in [0.2, 0.25) is 0 Å². The highest BCUT2D eigenvalue weighted by molar-refractivity contribution is 5.89. The van der Waals surface area contributed by atoms with Crippen LogP contribution in [0.15, 0.2) is 60.7 Å². The molecule has 0 saturated heterocycles. The Labute approximate surface area is 202 Å². The van der Waals surface area contributed by atoms with E-state index in [1.807, 2.05) is 67.6 Å². The Morgan fingerprint density at radius 1 is 0.824 bits per heavy atom. The Bertz CT molecular complexity index is 1030. The minimum Gasteiger partial charge on any atom is -0.481 e. The zero-order chi connectivity index (χ0) is 25.0. The lowest BCUT2D eigenvalue weighted by molar-refractivity contribution is -0.163. The average molecular weight is 465 g/mol. The molecule has 3 rings (SSSR count). The summed E-state index contributed by atoms with van der Waals surface area (Å²) in [5.74, 6) is -1.41. The molecule has 0 spiro atoms. The minimum absolute atomic E-state index is 0.176. The second-order valence-corrected chi connectivity index (χ2v) is 10.6. The fourth-order valence-electron chi connectivity index (χ4n) is 5.62. The van der Waals surface area contributed by atoms with Gasteiger partial charge in [0.2, 0.25) is 11.8 Å². The second kappa shape index (κ2) is 10.00. The minimum atomic E-state index is -1.19. The molecule has 0 bridgehead atoms. The number of carboxylic acids is 1. The van der Waals surface area contributed by atoms with Crippen LogP contribution in [-0.4, -0.2) is 29.4 Å². The number of aliphatic carboxylic acids is 1. The number of carbonyl (C=O) groups is 3. The van der Waals surface area contributed by atoms with Crippen LogP contribution in [0.25, 0.3) is 0 Å². The summed E-state index contributed by atoms with van der Waals surface area (Å²) in [6.07, 6.45) is 1.33. The van der Waals surface area contributed by atoms with Crippen LogP contribution >= 0.6 is 0 Å². The van der Waals surface area contributed by atoms with Crippen LogP contribution < -0.4 is 10.6 Å². The summed E-state index contributed by atoms with van der Waals surface area (Å²) in [7, 11) is 0. The largest absolute Gasteiger partial charge is 0.481 e. The van der Waals surface area contributed by atoms with Crippen LogP contribution in [0.5, 0.6) is 0 Å². The second-order valence-electron chi connectivity index (χ2n) is 10.6. The zero-order valence-corrected chi connectivity index (χ0v) is 20.6. The topological polar surface area (TPSA) is 95.5 Å². The number of benzene rings is 2. The van der Waals surface area contributed by atoms with Gasteiger partial charge in [-0.1, -0.05) is 74.5 Å². The van der Waals surface area contributed by atoms with Gasteiger partial charge >= 0.3 is 5.97 Å². The Morgan fingerprint density at radius 3 is 1.88 bits per heavy atom. The number of hydrogen-bond acceptors (Lipinski definition) is 3. The molecule has 1 aliphatic carbocycles. The average Bonchev–Trinajstić information content (AvgIpc) is 2.79. The van der Waals surface area contributed by atoms with Gasteiger partial charge in [0.1, 0.15) is 0 Å². The first-order valence-corrected chi connectivity index (χ1v) is 11.9. The number of amides is 2. The summed E-state index contributed by atoms with van der Waals surface area (Å²) in [5, 5.41) is 16.1. The van der Waals surface area contributed by atoms with Crippen LogP contribution in [-0.2, 0) is 20.8 Å². The van der Waals surface area contributed by atoms with Gasteiger partial charge in [0.25, 0.3) is 0 Å². The van der Waals surface area contributed by atoms with Crippen LogP contribution in [0.1, 0.15) is 64.1 Å². The van der Waals surface area contributed by atoms with Crippen LogP contribution in [0.3, 0.4) is 0 Å². The van der Waals surface area contributed by atoms with Gasteiger partial charge in [-0.3, -0.25) is 14.4 Å². The van der Waals surface area contributed by atoms with Crippen LogP contribution in [0, 0.1) is 16.2 Å². The third-order valence-electron chi connectivity index (χ3n) is 7.14. The maximum Gasteiger partial charge on any atom is 0.309 e. The van der Waals surface area contributed by atoms with Crippen molar-refractivity contribution in [2.75, 3.05) is 6.54 Å². The summed E-state index contributed by atoms with van der Waals surface area (Å²) < 4.78 is 0. The molecule has 6 heteroatoms. The Balaban J connectivity index is 1.77. The zero-order valence-electron chi connectivity index (χ0n) is 20.6. The molecule has 1 fully saturated rings. The molecule has 0 aromatic heterocycles. The van der Waals surface area contributed by atoms with Crippen molar-refractivity contribution in [3.05, 3.63) is 71.8 Å². The van der Waals surface area contributed by atoms with Crippen molar-refractivity contribution >= 4 is 17.8 Å². The highest BCUT2D eigenvalue weighted by atomic mass is 16.4. The first-order chi connectivity index (χ1) is 16.0. The SMILES string of the molecule is CC(NC(=O)[C@@]1(C)C[C@@](C)(C(=O)O)C[C@@](C)(C(=O)NCCc2ccccc2)C1)c1ccccc1. The molecular weight excluding hydrogens is 428 g/mol. The molecule has 0 aliphatic heterocycles. The normalized spacial score (nSPS) is 27.4. The van der Waals surface area contributed by atoms with E-state index >= 15 is 0 Å². The van der Waals surface area contributed by atoms with Crippen molar-refractivity contribution in [2.45, 2.75) is 59.4 Å². The summed E-state index contributed by atoms with van der Waals surface area (Å²) in [4.78, 5) is 39.1. The summed E-state index contributed by atoms with van der Waals surface area (Å²) >= 11 is 0. The van der Waals surface area contributed by atoms with Gasteiger partial charge in [-0.25, -0.2) is 0 Å². The van der Waals surface area contributed by atoms with Crippen LogP contribution in [0.4, 0.5) is 0 Å². The molecule has 6 nitrogen and oxygen atoms in total. The van der Waals surface area contributed by atoms with Crippen molar-refractivity contribution in [1.82, 2.24) is 10.6 Å². The molecule has 4 atom stereocenters. The van der Waals surface area contributed by atoms with E-state index in [2.05, 4.69) is 10.6 Å². The highest BCUT2D eigenvalue weighted by Gasteiger charge is 2.57. The molecule has 1 saturated carbocycles. The molecule has 3 N–H and O–H groups in total. The lowest BCUT2D eigenvalue weighted by Crippen LogP contribution is -2.56. The lowest BCUT2D eigenvalue weighted by Gasteiger charge is -2.49. The maximum atomic E-state index is 13.5. The fraction of sp³-hybridized carbons (Fsp3) is 0.464. The quantitative estimate of drug-likeness (QED) is 0.536. The standard InChI is InChI=1S/C28H36N2O4/c1-20(22-13-9-6-10-14-22)30-24(32)27(3)17-26(2,18-28(4,19-27)25(33)34)23(31)29-16-15-21-11-7-5-8-12-21/h5-14,20H,15-19H2,1-4H3,(H,29,31)(H,30,32)(H,33,34)/t20?,26-,27+,28-/m0/s1. The first-order valence-electron chi connectivity index (χ1n) is 11.9. The lowest BCUT2D eigenvalue weighted by atomic mass is 9.54.